The molecule has 1 aliphatic rings. The Kier molecular flexibility index (Phi) is 5.36. The molecule has 2 atom stereocenters. The van der Waals surface area contributed by atoms with Crippen LogP contribution >= 0.6 is 0 Å². The van der Waals surface area contributed by atoms with Crippen molar-refractivity contribution in [3.05, 3.63) is 35.9 Å². The van der Waals surface area contributed by atoms with Gasteiger partial charge in [0, 0.05) is 12.6 Å². The van der Waals surface area contributed by atoms with Crippen molar-refractivity contribution in [3.63, 3.8) is 0 Å². The molecule has 0 saturated heterocycles. The van der Waals surface area contributed by atoms with Gasteiger partial charge in [-0.15, -0.1) is 0 Å². The molecule has 4 nitrogen and oxygen atoms in total. The standard InChI is InChI=1S/C15H23N3O/c16-9-13-7-4-8-14(13)17-11-15(19)18-10-12-5-2-1-3-6-12/h1-3,5-6,13-14,17H,4,7-11,16H2,(H,18,19). The van der Waals surface area contributed by atoms with Crippen LogP contribution < -0.4 is 16.4 Å². The average molecular weight is 261 g/mol. The van der Waals surface area contributed by atoms with Crippen LogP contribution in [-0.4, -0.2) is 25.0 Å². The first-order valence-corrected chi connectivity index (χ1v) is 7.03. The Morgan fingerprint density at radius 2 is 2.05 bits per heavy atom. The molecule has 0 heterocycles. The Morgan fingerprint density at radius 1 is 1.26 bits per heavy atom. The molecule has 1 fully saturated rings. The number of amides is 1. The normalized spacial score (nSPS) is 22.4. The third-order valence-corrected chi connectivity index (χ3v) is 3.82. The number of hydrogen-bond donors (Lipinski definition) is 3. The molecule has 2 rings (SSSR count). The van der Waals surface area contributed by atoms with Gasteiger partial charge in [0.15, 0.2) is 0 Å². The predicted octanol–water partition coefficient (Wildman–Crippen LogP) is 1.02. The largest absolute Gasteiger partial charge is 0.351 e. The molecular weight excluding hydrogens is 238 g/mol. The molecule has 0 aromatic heterocycles. The van der Waals surface area contributed by atoms with Gasteiger partial charge in [-0.3, -0.25) is 4.79 Å². The molecule has 1 saturated carbocycles. The van der Waals surface area contributed by atoms with Crippen LogP contribution in [0.15, 0.2) is 30.3 Å². The highest BCUT2D eigenvalue weighted by Crippen LogP contribution is 2.24. The van der Waals surface area contributed by atoms with Crippen LogP contribution in [0.3, 0.4) is 0 Å². The minimum Gasteiger partial charge on any atom is -0.351 e. The van der Waals surface area contributed by atoms with Gasteiger partial charge in [0.05, 0.1) is 6.54 Å². The van der Waals surface area contributed by atoms with E-state index in [0.29, 0.717) is 31.6 Å². The minimum absolute atomic E-state index is 0.0477. The molecule has 1 aromatic carbocycles. The number of nitrogens with two attached hydrogens (primary N) is 1. The van der Waals surface area contributed by atoms with Crippen LogP contribution in [0.5, 0.6) is 0 Å². The van der Waals surface area contributed by atoms with Crippen molar-refractivity contribution < 1.29 is 4.79 Å². The first-order chi connectivity index (χ1) is 9.29. The Balaban J connectivity index is 1.67. The number of benzene rings is 1. The molecular formula is C15H23N3O. The monoisotopic (exact) mass is 261 g/mol. The van der Waals surface area contributed by atoms with Crippen LogP contribution in [0.4, 0.5) is 0 Å². The Morgan fingerprint density at radius 3 is 2.79 bits per heavy atom. The Hall–Kier alpha value is -1.39. The van der Waals surface area contributed by atoms with Gasteiger partial charge in [0.2, 0.25) is 5.91 Å². The van der Waals surface area contributed by atoms with E-state index >= 15 is 0 Å². The van der Waals surface area contributed by atoms with Crippen LogP contribution in [-0.2, 0) is 11.3 Å². The van der Waals surface area contributed by atoms with E-state index in [1.807, 2.05) is 30.3 Å². The van der Waals surface area contributed by atoms with Crippen molar-refractivity contribution >= 4 is 5.91 Å². The maximum atomic E-state index is 11.8. The molecule has 0 radical (unpaired) electrons. The summed E-state index contributed by atoms with van der Waals surface area (Å²) in [6.45, 7) is 1.68. The first kappa shape index (κ1) is 14.0. The molecule has 1 amide bonds. The van der Waals surface area contributed by atoms with Crippen molar-refractivity contribution in [2.75, 3.05) is 13.1 Å². The quantitative estimate of drug-likeness (QED) is 0.716. The summed E-state index contributed by atoms with van der Waals surface area (Å²) in [5, 5.41) is 6.25. The fraction of sp³-hybridized carbons (Fsp3) is 0.533. The number of hydrogen-bond acceptors (Lipinski definition) is 3. The van der Waals surface area contributed by atoms with Gasteiger partial charge in [-0.05, 0) is 30.9 Å². The molecule has 1 aliphatic carbocycles. The van der Waals surface area contributed by atoms with E-state index in [9.17, 15) is 4.79 Å². The van der Waals surface area contributed by atoms with Crippen molar-refractivity contribution in [3.8, 4) is 0 Å². The van der Waals surface area contributed by atoms with Crippen LogP contribution in [0.1, 0.15) is 24.8 Å². The minimum atomic E-state index is 0.0477. The van der Waals surface area contributed by atoms with Gasteiger partial charge >= 0.3 is 0 Å². The summed E-state index contributed by atoms with van der Waals surface area (Å²) < 4.78 is 0. The fourth-order valence-electron chi connectivity index (χ4n) is 2.67. The lowest BCUT2D eigenvalue weighted by Crippen LogP contribution is -2.42. The van der Waals surface area contributed by atoms with Crippen LogP contribution in [0.2, 0.25) is 0 Å². The Bertz CT molecular complexity index is 394. The van der Waals surface area contributed by atoms with Gasteiger partial charge in [-0.25, -0.2) is 0 Å². The molecule has 19 heavy (non-hydrogen) atoms. The number of carbonyl (C=O) groups excluding carboxylic acids is 1. The van der Waals surface area contributed by atoms with Gasteiger partial charge < -0.3 is 16.4 Å². The Labute approximate surface area is 114 Å². The highest BCUT2D eigenvalue weighted by atomic mass is 16.1. The number of rotatable bonds is 6. The highest BCUT2D eigenvalue weighted by Gasteiger charge is 2.25. The zero-order valence-electron chi connectivity index (χ0n) is 11.3. The lowest BCUT2D eigenvalue weighted by atomic mass is 10.0. The van der Waals surface area contributed by atoms with E-state index in [4.69, 9.17) is 5.73 Å². The summed E-state index contributed by atoms with van der Waals surface area (Å²) in [6, 6.07) is 10.4. The molecule has 1 aromatic rings. The van der Waals surface area contributed by atoms with Crippen molar-refractivity contribution in [2.24, 2.45) is 11.7 Å². The third-order valence-electron chi connectivity index (χ3n) is 3.82. The first-order valence-electron chi connectivity index (χ1n) is 7.03. The second-order valence-corrected chi connectivity index (χ2v) is 5.18. The summed E-state index contributed by atoms with van der Waals surface area (Å²) in [5.41, 5.74) is 6.85. The van der Waals surface area contributed by atoms with Crippen LogP contribution in [0, 0.1) is 5.92 Å². The zero-order valence-corrected chi connectivity index (χ0v) is 11.3. The lowest BCUT2D eigenvalue weighted by molar-refractivity contribution is -0.120. The summed E-state index contributed by atoms with van der Waals surface area (Å²) in [7, 11) is 0. The fourth-order valence-corrected chi connectivity index (χ4v) is 2.67. The van der Waals surface area contributed by atoms with E-state index in [-0.39, 0.29) is 5.91 Å². The van der Waals surface area contributed by atoms with Crippen molar-refractivity contribution in [1.82, 2.24) is 10.6 Å². The van der Waals surface area contributed by atoms with Crippen LogP contribution in [0.25, 0.3) is 0 Å². The van der Waals surface area contributed by atoms with Gasteiger partial charge in [0.1, 0.15) is 0 Å². The number of carbonyl (C=O) groups is 1. The topological polar surface area (TPSA) is 67.1 Å². The van der Waals surface area contributed by atoms with E-state index in [1.54, 1.807) is 0 Å². The summed E-state index contributed by atoms with van der Waals surface area (Å²) in [6.07, 6.45) is 3.53. The zero-order chi connectivity index (χ0) is 13.5. The molecule has 104 valence electrons. The summed E-state index contributed by atoms with van der Waals surface area (Å²) in [4.78, 5) is 11.8. The predicted molar refractivity (Wildman–Crippen MR) is 76.5 cm³/mol. The summed E-state index contributed by atoms with van der Waals surface area (Å²) in [5.74, 6) is 0.577. The second kappa shape index (κ2) is 7.26. The molecule has 4 N–H and O–H groups in total. The smallest absolute Gasteiger partial charge is 0.234 e. The second-order valence-electron chi connectivity index (χ2n) is 5.18. The summed E-state index contributed by atoms with van der Waals surface area (Å²) >= 11 is 0. The maximum absolute atomic E-state index is 11.8. The maximum Gasteiger partial charge on any atom is 0.234 e. The third kappa shape index (κ3) is 4.33. The van der Waals surface area contributed by atoms with Crippen molar-refractivity contribution in [2.45, 2.75) is 31.8 Å². The molecule has 0 spiro atoms. The van der Waals surface area contributed by atoms with Gasteiger partial charge in [-0.2, -0.15) is 0 Å². The molecule has 0 aliphatic heterocycles. The number of nitrogens with one attached hydrogen (secondary N) is 2. The average Bonchev–Trinajstić information content (AvgIpc) is 2.91. The SMILES string of the molecule is NCC1CCCC1NCC(=O)NCc1ccccc1. The van der Waals surface area contributed by atoms with E-state index in [2.05, 4.69) is 10.6 Å². The van der Waals surface area contributed by atoms with E-state index in [0.717, 1.165) is 12.0 Å². The van der Waals surface area contributed by atoms with Gasteiger partial charge in [-0.1, -0.05) is 36.8 Å². The lowest BCUT2D eigenvalue weighted by Gasteiger charge is -2.19. The van der Waals surface area contributed by atoms with Crippen molar-refractivity contribution in [1.29, 1.82) is 0 Å². The van der Waals surface area contributed by atoms with E-state index in [1.165, 1.54) is 12.8 Å². The van der Waals surface area contributed by atoms with Gasteiger partial charge in [0.25, 0.3) is 0 Å². The van der Waals surface area contributed by atoms with E-state index < -0.39 is 0 Å². The molecule has 2 unspecified atom stereocenters. The molecule has 0 bridgehead atoms. The highest BCUT2D eigenvalue weighted by molar-refractivity contribution is 5.78. The molecule has 4 heteroatoms.